The van der Waals surface area contributed by atoms with E-state index in [9.17, 15) is 0 Å². The number of nitrogens with zero attached hydrogens (tertiary/aromatic N) is 1. The maximum absolute atomic E-state index is 4.28. The maximum Gasteiger partial charge on any atom is 0.106 e. The van der Waals surface area contributed by atoms with Crippen molar-refractivity contribution in [3.63, 3.8) is 0 Å². The Kier molecular flexibility index (Phi) is 3.66. The van der Waals surface area contributed by atoms with Crippen molar-refractivity contribution in [2.75, 3.05) is 7.11 Å². The number of rotatable bonds is 2. The average Bonchev–Trinajstić information content (AvgIpc) is 1.61. The molecule has 0 aliphatic heterocycles. The zero-order valence-electron chi connectivity index (χ0n) is 3.72. The highest BCUT2D eigenvalue weighted by molar-refractivity contribution is 5.69. The fraction of sp³-hybridized carbons (Fsp3) is 0.250. The van der Waals surface area contributed by atoms with Gasteiger partial charge in [-0.2, -0.15) is 0 Å². The lowest BCUT2D eigenvalue weighted by molar-refractivity contribution is 0.215. The molecule has 0 unspecified atom stereocenters. The van der Waals surface area contributed by atoms with Crippen molar-refractivity contribution in [2.45, 2.75) is 0 Å². The molecule has 0 amide bonds. The van der Waals surface area contributed by atoms with E-state index in [4.69, 9.17) is 0 Å². The molecule has 34 valence electrons. The molecule has 0 N–H and O–H groups in total. The van der Waals surface area contributed by atoms with Gasteiger partial charge >= 0.3 is 0 Å². The largest absolute Gasteiger partial charge is 0.399 e. The molecule has 0 aromatic heterocycles. The molecule has 0 radical (unpaired) electrons. The number of hydrogen-bond acceptors (Lipinski definition) is 2. The molecule has 0 bridgehead atoms. The zero-order valence-corrected chi connectivity index (χ0v) is 3.72. The summed E-state index contributed by atoms with van der Waals surface area (Å²) in [5, 5.41) is 3.35. The predicted octanol–water partition coefficient (Wildman–Crippen LogP) is 0.805. The second kappa shape index (κ2) is 4.21. The minimum atomic E-state index is 1.47. The van der Waals surface area contributed by atoms with Crippen molar-refractivity contribution < 1.29 is 4.84 Å². The van der Waals surface area contributed by atoms with E-state index in [-0.39, 0.29) is 0 Å². The molecule has 0 rings (SSSR count). The lowest BCUT2D eigenvalue weighted by Gasteiger charge is -1.76. The molecule has 6 heavy (non-hydrogen) atoms. The Morgan fingerprint density at radius 2 is 2.50 bits per heavy atom. The summed E-state index contributed by atoms with van der Waals surface area (Å²) in [5.74, 6) is 0. The van der Waals surface area contributed by atoms with Crippen LogP contribution in [0.3, 0.4) is 0 Å². The highest BCUT2D eigenvalue weighted by Crippen LogP contribution is 1.60. The van der Waals surface area contributed by atoms with E-state index in [1.54, 1.807) is 6.08 Å². The van der Waals surface area contributed by atoms with Crippen molar-refractivity contribution in [1.29, 1.82) is 0 Å². The summed E-state index contributed by atoms with van der Waals surface area (Å²) in [6.45, 7) is 3.37. The van der Waals surface area contributed by atoms with Gasteiger partial charge in [-0.05, 0) is 6.08 Å². The third-order valence-corrected chi connectivity index (χ3v) is 0.272. The van der Waals surface area contributed by atoms with Crippen LogP contribution in [0.1, 0.15) is 0 Å². The molecule has 0 spiro atoms. The Hall–Kier alpha value is -0.790. The Balaban J connectivity index is 2.94. The summed E-state index contributed by atoms with van der Waals surface area (Å²) in [7, 11) is 1.49. The van der Waals surface area contributed by atoms with Crippen LogP contribution in [0.15, 0.2) is 17.8 Å². The highest BCUT2D eigenvalue weighted by atomic mass is 16.6. The second-order valence-electron chi connectivity index (χ2n) is 0.673. The van der Waals surface area contributed by atoms with E-state index < -0.39 is 0 Å². The zero-order chi connectivity index (χ0) is 4.83. The lowest BCUT2D eigenvalue weighted by atomic mass is 10.7. The molecule has 2 nitrogen and oxygen atoms in total. The van der Waals surface area contributed by atoms with Gasteiger partial charge in [0.05, 0.1) is 6.21 Å². The Bertz CT molecular complexity index is 58.6. The average molecular weight is 85.1 g/mol. The summed E-state index contributed by atoms with van der Waals surface area (Å²) >= 11 is 0. The predicted molar refractivity (Wildman–Crippen MR) is 25.7 cm³/mol. The summed E-state index contributed by atoms with van der Waals surface area (Å²) in [6.07, 6.45) is 3.02. The van der Waals surface area contributed by atoms with Crippen LogP contribution < -0.4 is 0 Å². The van der Waals surface area contributed by atoms with Crippen LogP contribution in [0, 0.1) is 0 Å². The topological polar surface area (TPSA) is 21.6 Å². The molecule has 0 aliphatic rings. The fourth-order valence-corrected chi connectivity index (χ4v) is 0.104. The second-order valence-corrected chi connectivity index (χ2v) is 0.673. The van der Waals surface area contributed by atoms with Gasteiger partial charge < -0.3 is 4.84 Å². The van der Waals surface area contributed by atoms with Gasteiger partial charge in [-0.25, -0.2) is 0 Å². The maximum atomic E-state index is 4.28. The van der Waals surface area contributed by atoms with Crippen LogP contribution in [0.2, 0.25) is 0 Å². The van der Waals surface area contributed by atoms with Crippen LogP contribution in [-0.2, 0) is 4.84 Å². The van der Waals surface area contributed by atoms with Crippen LogP contribution in [0.4, 0.5) is 0 Å². The number of oxime groups is 1. The van der Waals surface area contributed by atoms with E-state index in [0.717, 1.165) is 0 Å². The molecule has 0 heterocycles. The molecule has 0 saturated carbocycles. The van der Waals surface area contributed by atoms with Crippen molar-refractivity contribution in [3.8, 4) is 0 Å². The minimum absolute atomic E-state index is 1.47. The Morgan fingerprint density at radius 3 is 2.67 bits per heavy atom. The standard InChI is InChI=1S/C4H7NO/c1-3-4-5-6-2/h3-4H,1H2,2H3. The molecular formula is C4H7NO. The van der Waals surface area contributed by atoms with Crippen molar-refractivity contribution in [3.05, 3.63) is 12.7 Å². The van der Waals surface area contributed by atoms with Crippen LogP contribution in [0.5, 0.6) is 0 Å². The highest BCUT2D eigenvalue weighted by Gasteiger charge is 1.51. The summed E-state index contributed by atoms with van der Waals surface area (Å²) in [5.41, 5.74) is 0. The molecule has 2 heteroatoms. The third-order valence-electron chi connectivity index (χ3n) is 0.272. The van der Waals surface area contributed by atoms with Gasteiger partial charge in [0.25, 0.3) is 0 Å². The summed E-state index contributed by atoms with van der Waals surface area (Å²) < 4.78 is 0. The smallest absolute Gasteiger partial charge is 0.106 e. The molecule has 0 aliphatic carbocycles. The molecular weight excluding hydrogens is 78.0 g/mol. The molecule has 0 saturated heterocycles. The third kappa shape index (κ3) is 3.21. The van der Waals surface area contributed by atoms with Crippen molar-refractivity contribution >= 4 is 6.21 Å². The number of hydrogen-bond donors (Lipinski definition) is 0. The van der Waals surface area contributed by atoms with E-state index >= 15 is 0 Å². The van der Waals surface area contributed by atoms with Gasteiger partial charge in [-0.15, -0.1) is 0 Å². The lowest BCUT2D eigenvalue weighted by Crippen LogP contribution is -1.65. The van der Waals surface area contributed by atoms with Crippen LogP contribution in [0.25, 0.3) is 0 Å². The first-order valence-electron chi connectivity index (χ1n) is 1.59. The molecule has 0 fully saturated rings. The Labute approximate surface area is 37.1 Å². The van der Waals surface area contributed by atoms with E-state index in [0.29, 0.717) is 0 Å². The normalized spacial score (nSPS) is 8.83. The van der Waals surface area contributed by atoms with Gasteiger partial charge in [0.15, 0.2) is 0 Å². The van der Waals surface area contributed by atoms with Gasteiger partial charge in [0, 0.05) is 0 Å². The van der Waals surface area contributed by atoms with Gasteiger partial charge in [-0.1, -0.05) is 11.7 Å². The first-order valence-corrected chi connectivity index (χ1v) is 1.59. The monoisotopic (exact) mass is 85.1 g/mol. The molecule has 0 aromatic carbocycles. The summed E-state index contributed by atoms with van der Waals surface area (Å²) in [4.78, 5) is 4.28. The molecule has 0 aromatic rings. The van der Waals surface area contributed by atoms with Gasteiger partial charge in [0.1, 0.15) is 7.11 Å². The quantitative estimate of drug-likeness (QED) is 0.359. The fourth-order valence-electron chi connectivity index (χ4n) is 0.104. The first kappa shape index (κ1) is 5.21. The van der Waals surface area contributed by atoms with Crippen LogP contribution >= 0.6 is 0 Å². The van der Waals surface area contributed by atoms with E-state index in [2.05, 4.69) is 16.6 Å². The number of allylic oxidation sites excluding steroid dienone is 1. The Morgan fingerprint density at radius 1 is 1.83 bits per heavy atom. The minimum Gasteiger partial charge on any atom is -0.399 e. The molecule has 0 atom stereocenters. The SMILES string of the molecule is C=CC=NOC. The van der Waals surface area contributed by atoms with E-state index in [1.807, 2.05) is 0 Å². The first-order chi connectivity index (χ1) is 2.91. The van der Waals surface area contributed by atoms with Gasteiger partial charge in [-0.3, -0.25) is 0 Å². The van der Waals surface area contributed by atoms with Crippen molar-refractivity contribution in [1.82, 2.24) is 0 Å². The van der Waals surface area contributed by atoms with Crippen LogP contribution in [-0.4, -0.2) is 13.3 Å². The van der Waals surface area contributed by atoms with Crippen molar-refractivity contribution in [2.24, 2.45) is 5.16 Å². The summed E-state index contributed by atoms with van der Waals surface area (Å²) in [6, 6.07) is 0. The van der Waals surface area contributed by atoms with E-state index in [1.165, 1.54) is 13.3 Å². The van der Waals surface area contributed by atoms with Gasteiger partial charge in [0.2, 0.25) is 0 Å².